The molecule has 11 rings (SSSR count). The molecule has 0 saturated heterocycles. The zero-order valence-corrected chi connectivity index (χ0v) is 29.0. The molecule has 0 spiro atoms. The summed E-state index contributed by atoms with van der Waals surface area (Å²) in [5, 5.41) is 4.70. The van der Waals surface area contributed by atoms with Crippen molar-refractivity contribution in [3.63, 3.8) is 0 Å². The maximum Gasteiger partial charge on any atom is 0.236 e. The van der Waals surface area contributed by atoms with Crippen LogP contribution in [0.25, 0.3) is 100 Å². The summed E-state index contributed by atoms with van der Waals surface area (Å²) in [4.78, 5) is 21.3. The normalized spacial score (nSPS) is 11.7. The Labute approximate surface area is 310 Å². The molecule has 0 amide bonds. The minimum atomic E-state index is 0.562. The Morgan fingerprint density at radius 3 is 1.35 bits per heavy atom. The van der Waals surface area contributed by atoms with Gasteiger partial charge in [-0.3, -0.25) is 4.57 Å². The van der Waals surface area contributed by atoms with Gasteiger partial charge in [-0.25, -0.2) is 19.9 Å². The fraction of sp³-hybridized carbons (Fsp3) is 0. The van der Waals surface area contributed by atoms with Crippen molar-refractivity contribution in [2.45, 2.75) is 0 Å². The summed E-state index contributed by atoms with van der Waals surface area (Å²) in [6.45, 7) is 0. The van der Waals surface area contributed by atoms with E-state index in [1.165, 1.54) is 10.8 Å². The first kappa shape index (κ1) is 30.2. The molecule has 0 radical (unpaired) electrons. The number of hydrogen-bond donors (Lipinski definition) is 0. The van der Waals surface area contributed by atoms with E-state index in [0.29, 0.717) is 22.8 Å². The first-order valence-corrected chi connectivity index (χ1v) is 18.1. The highest BCUT2D eigenvalue weighted by Gasteiger charge is 2.24. The molecule has 0 aliphatic rings. The van der Waals surface area contributed by atoms with E-state index in [1.807, 2.05) is 66.7 Å². The van der Waals surface area contributed by atoms with Gasteiger partial charge in [0, 0.05) is 43.9 Å². The van der Waals surface area contributed by atoms with Crippen LogP contribution in [0, 0.1) is 0 Å². The summed E-state index contributed by atoms with van der Waals surface area (Å²) >= 11 is 0. The van der Waals surface area contributed by atoms with E-state index in [-0.39, 0.29) is 0 Å². The Kier molecular flexibility index (Phi) is 6.75. The zero-order chi connectivity index (χ0) is 35.6. The van der Waals surface area contributed by atoms with Gasteiger partial charge in [0.2, 0.25) is 5.95 Å². The van der Waals surface area contributed by atoms with Gasteiger partial charge in [-0.1, -0.05) is 146 Å². The molecule has 4 aromatic heterocycles. The Morgan fingerprint density at radius 1 is 0.315 bits per heavy atom. The van der Waals surface area contributed by atoms with Gasteiger partial charge in [0.15, 0.2) is 5.82 Å². The zero-order valence-electron chi connectivity index (χ0n) is 29.0. The van der Waals surface area contributed by atoms with Gasteiger partial charge in [0.05, 0.1) is 22.1 Å². The monoisotopic (exact) mass is 690 g/mol. The molecule has 0 fully saturated rings. The number of aromatic nitrogens is 6. The minimum absolute atomic E-state index is 0.562. The summed E-state index contributed by atoms with van der Waals surface area (Å²) in [5.74, 6) is 1.19. The minimum Gasteiger partial charge on any atom is -0.309 e. The molecule has 0 unspecified atom stereocenters. The van der Waals surface area contributed by atoms with Crippen molar-refractivity contribution >= 4 is 54.6 Å². The summed E-state index contributed by atoms with van der Waals surface area (Å²) in [6, 6.07) is 63.0. The van der Waals surface area contributed by atoms with Crippen molar-refractivity contribution in [3.8, 4) is 45.5 Å². The number of nitrogens with zero attached hydrogens (tertiary/aromatic N) is 6. The highest BCUT2D eigenvalue weighted by molar-refractivity contribution is 6.28. The molecule has 6 nitrogen and oxygen atoms in total. The fourth-order valence-corrected chi connectivity index (χ4v) is 8.00. The van der Waals surface area contributed by atoms with E-state index >= 15 is 0 Å². The molecule has 7 aromatic carbocycles. The fourth-order valence-electron chi connectivity index (χ4n) is 8.00. The van der Waals surface area contributed by atoms with E-state index in [4.69, 9.17) is 19.9 Å². The second kappa shape index (κ2) is 12.1. The van der Waals surface area contributed by atoms with Crippen LogP contribution >= 0.6 is 0 Å². The average Bonchev–Trinajstić information content (AvgIpc) is 3.77. The van der Waals surface area contributed by atoms with Gasteiger partial charge in [0.25, 0.3) is 0 Å². The molecule has 54 heavy (non-hydrogen) atoms. The highest BCUT2D eigenvalue weighted by Crippen LogP contribution is 2.43. The van der Waals surface area contributed by atoms with Crippen molar-refractivity contribution in [2.24, 2.45) is 0 Å². The lowest BCUT2D eigenvalue weighted by molar-refractivity contribution is 1.01. The molecular formula is C48H30N6. The van der Waals surface area contributed by atoms with Gasteiger partial charge in [-0.2, -0.15) is 0 Å². The van der Waals surface area contributed by atoms with E-state index in [0.717, 1.165) is 66.6 Å². The van der Waals surface area contributed by atoms with Crippen molar-refractivity contribution in [3.05, 3.63) is 182 Å². The summed E-state index contributed by atoms with van der Waals surface area (Å²) in [5.41, 5.74) is 11.2. The maximum atomic E-state index is 5.43. The molecule has 11 aromatic rings. The number of hydrogen-bond acceptors (Lipinski definition) is 4. The van der Waals surface area contributed by atoms with Crippen LogP contribution in [0.2, 0.25) is 0 Å². The lowest BCUT2D eigenvalue weighted by atomic mass is 10.1. The predicted octanol–water partition coefficient (Wildman–Crippen LogP) is 11.6. The molecule has 6 heteroatoms. The van der Waals surface area contributed by atoms with E-state index in [1.54, 1.807) is 0 Å². The van der Waals surface area contributed by atoms with Crippen LogP contribution in [0.4, 0.5) is 0 Å². The van der Waals surface area contributed by atoms with Crippen molar-refractivity contribution in [1.82, 2.24) is 29.1 Å². The average molecular weight is 691 g/mol. The van der Waals surface area contributed by atoms with Crippen molar-refractivity contribution < 1.29 is 0 Å². The first-order chi connectivity index (χ1) is 26.8. The van der Waals surface area contributed by atoms with E-state index in [9.17, 15) is 0 Å². The third kappa shape index (κ3) is 4.60. The first-order valence-electron chi connectivity index (χ1n) is 18.1. The van der Waals surface area contributed by atoms with Crippen LogP contribution in [0.1, 0.15) is 0 Å². The Morgan fingerprint density at radius 2 is 0.759 bits per heavy atom. The highest BCUT2D eigenvalue weighted by atomic mass is 15.2. The molecule has 0 aliphatic heterocycles. The number of fused-ring (bicyclic) bond motifs is 8. The molecule has 0 aliphatic carbocycles. The topological polar surface area (TPSA) is 61.4 Å². The van der Waals surface area contributed by atoms with Crippen LogP contribution in [-0.4, -0.2) is 29.1 Å². The molecular weight excluding hydrogens is 661 g/mol. The van der Waals surface area contributed by atoms with Gasteiger partial charge in [-0.15, -0.1) is 0 Å². The number of benzene rings is 7. The van der Waals surface area contributed by atoms with E-state index in [2.05, 4.69) is 124 Å². The lowest BCUT2D eigenvalue weighted by Crippen LogP contribution is -2.06. The Hall–Kier alpha value is -7.44. The standard InChI is InChI=1S/C48H30N6/c1-5-17-31(18-6-1)43-46-45(50-47(49-43)33-21-9-3-10-22-33)44(32-19-7-2-8-20-32)51-48(52-46)54-38-28-16-14-26-36(38)42-40(54)30-29-39-41(42)35-25-13-15-27-37(35)53(39)34-23-11-4-12-24-34/h1-30H. The van der Waals surface area contributed by atoms with Gasteiger partial charge in [-0.05, 0) is 36.4 Å². The van der Waals surface area contributed by atoms with Gasteiger partial charge < -0.3 is 4.57 Å². The van der Waals surface area contributed by atoms with E-state index < -0.39 is 0 Å². The van der Waals surface area contributed by atoms with Crippen LogP contribution in [0.5, 0.6) is 0 Å². The quantitative estimate of drug-likeness (QED) is 0.180. The third-order valence-corrected chi connectivity index (χ3v) is 10.3. The van der Waals surface area contributed by atoms with Gasteiger partial charge >= 0.3 is 0 Å². The van der Waals surface area contributed by atoms with Crippen LogP contribution < -0.4 is 0 Å². The summed E-state index contributed by atoms with van der Waals surface area (Å²) < 4.78 is 4.58. The molecule has 0 N–H and O–H groups in total. The Bertz CT molecular complexity index is 3190. The summed E-state index contributed by atoms with van der Waals surface area (Å²) in [7, 11) is 0. The van der Waals surface area contributed by atoms with Crippen molar-refractivity contribution in [2.75, 3.05) is 0 Å². The van der Waals surface area contributed by atoms with Crippen LogP contribution in [0.15, 0.2) is 182 Å². The predicted molar refractivity (Wildman–Crippen MR) is 220 cm³/mol. The lowest BCUT2D eigenvalue weighted by Gasteiger charge is -2.15. The second-order valence-corrected chi connectivity index (χ2v) is 13.5. The number of para-hydroxylation sites is 3. The second-order valence-electron chi connectivity index (χ2n) is 13.5. The molecule has 252 valence electrons. The Balaban J connectivity index is 1.28. The molecule has 0 atom stereocenters. The largest absolute Gasteiger partial charge is 0.309 e. The molecule has 0 bridgehead atoms. The van der Waals surface area contributed by atoms with Crippen LogP contribution in [0.3, 0.4) is 0 Å². The summed E-state index contributed by atoms with van der Waals surface area (Å²) in [6.07, 6.45) is 0. The SMILES string of the molecule is c1ccc(-c2nc(-c3ccccc3)c3nc(-n4c5ccccc5c5c6c7ccccc7n(-c7ccccc7)c6ccc54)nc(-c4ccccc4)c3n2)cc1. The van der Waals surface area contributed by atoms with Gasteiger partial charge in [0.1, 0.15) is 22.4 Å². The van der Waals surface area contributed by atoms with Crippen molar-refractivity contribution in [1.29, 1.82) is 0 Å². The molecule has 4 heterocycles. The number of rotatable bonds is 5. The maximum absolute atomic E-state index is 5.43. The molecule has 0 saturated carbocycles. The van der Waals surface area contributed by atoms with Crippen LogP contribution in [-0.2, 0) is 0 Å². The third-order valence-electron chi connectivity index (χ3n) is 10.3. The smallest absolute Gasteiger partial charge is 0.236 e.